The van der Waals surface area contributed by atoms with E-state index in [2.05, 4.69) is 0 Å². The number of benzene rings is 1. The summed E-state index contributed by atoms with van der Waals surface area (Å²) in [7, 11) is 0. The van der Waals surface area contributed by atoms with Crippen molar-refractivity contribution in [3.63, 3.8) is 0 Å². The number of ether oxygens (including phenoxy) is 1. The number of rotatable bonds is 2. The van der Waals surface area contributed by atoms with Gasteiger partial charge in [0.05, 0.1) is 11.7 Å². The van der Waals surface area contributed by atoms with Crippen molar-refractivity contribution in [2.75, 3.05) is 18.1 Å². The highest BCUT2D eigenvalue weighted by Crippen LogP contribution is 2.44. The van der Waals surface area contributed by atoms with Crippen LogP contribution in [0.1, 0.15) is 37.4 Å². The highest BCUT2D eigenvalue weighted by Gasteiger charge is 2.41. The molecule has 4 heteroatoms. The molecule has 0 bridgehead atoms. The van der Waals surface area contributed by atoms with E-state index >= 15 is 0 Å². The lowest BCUT2D eigenvalue weighted by molar-refractivity contribution is -0.121. The van der Waals surface area contributed by atoms with Gasteiger partial charge in [0, 0.05) is 11.6 Å². The minimum atomic E-state index is -0.473. The molecular weight excluding hydrogens is 292 g/mol. The van der Waals surface area contributed by atoms with Crippen LogP contribution in [0, 0.1) is 5.92 Å². The molecule has 0 amide bonds. The molecule has 3 rings (SSSR count). The highest BCUT2D eigenvalue weighted by atomic mass is 35.5. The van der Waals surface area contributed by atoms with Crippen LogP contribution in [0.4, 0.5) is 0 Å². The quantitative estimate of drug-likeness (QED) is 0.893. The minimum absolute atomic E-state index is 0.0103. The molecule has 2 atom stereocenters. The fourth-order valence-corrected chi connectivity index (χ4v) is 4.88. The number of hydrogen-bond acceptors (Lipinski definition) is 3. The van der Waals surface area contributed by atoms with Crippen molar-refractivity contribution in [1.82, 2.24) is 0 Å². The maximum Gasteiger partial charge on any atom is 0.0834 e. The average Bonchev–Trinajstić information content (AvgIpc) is 2.48. The molecule has 2 nitrogen and oxygen atoms in total. The Morgan fingerprint density at radius 1 is 1.30 bits per heavy atom. The summed E-state index contributed by atoms with van der Waals surface area (Å²) in [6.45, 7) is 0.761. The normalized spacial score (nSPS) is 27.4. The Kier molecular flexibility index (Phi) is 4.61. The van der Waals surface area contributed by atoms with Crippen molar-refractivity contribution in [2.45, 2.75) is 37.4 Å². The van der Waals surface area contributed by atoms with E-state index in [-0.39, 0.29) is 11.5 Å². The molecule has 110 valence electrons. The molecule has 1 aromatic carbocycles. The molecule has 1 spiro atoms. The molecule has 1 N–H and O–H groups in total. The van der Waals surface area contributed by atoms with Gasteiger partial charge in [0.15, 0.2) is 0 Å². The second-order valence-corrected chi connectivity index (χ2v) is 7.50. The van der Waals surface area contributed by atoms with E-state index < -0.39 is 6.10 Å². The monoisotopic (exact) mass is 312 g/mol. The Morgan fingerprint density at radius 2 is 2.05 bits per heavy atom. The van der Waals surface area contributed by atoms with Gasteiger partial charge in [-0.1, -0.05) is 29.8 Å². The van der Waals surface area contributed by atoms with Crippen LogP contribution in [0.25, 0.3) is 0 Å². The third kappa shape index (κ3) is 3.01. The topological polar surface area (TPSA) is 29.5 Å². The third-order valence-corrected chi connectivity index (χ3v) is 5.94. The number of halogens is 1. The average molecular weight is 313 g/mol. The van der Waals surface area contributed by atoms with Gasteiger partial charge in [-0.3, -0.25) is 0 Å². The smallest absolute Gasteiger partial charge is 0.0834 e. The van der Waals surface area contributed by atoms with Gasteiger partial charge in [-0.15, -0.1) is 0 Å². The number of hydrogen-bond donors (Lipinski definition) is 1. The predicted octanol–water partition coefficient (Wildman–Crippen LogP) is 4.07. The Labute approximate surface area is 129 Å². The largest absolute Gasteiger partial charge is 0.388 e. The second-order valence-electron chi connectivity index (χ2n) is 5.86. The first-order chi connectivity index (χ1) is 9.70. The van der Waals surface area contributed by atoms with Crippen molar-refractivity contribution in [2.24, 2.45) is 5.92 Å². The zero-order valence-electron chi connectivity index (χ0n) is 11.6. The minimum Gasteiger partial charge on any atom is -0.388 e. The molecule has 0 radical (unpaired) electrons. The van der Waals surface area contributed by atoms with Crippen LogP contribution in [0.3, 0.4) is 0 Å². The first kappa shape index (κ1) is 14.7. The van der Waals surface area contributed by atoms with E-state index in [0.29, 0.717) is 5.02 Å². The maximum atomic E-state index is 10.7. The predicted molar refractivity (Wildman–Crippen MR) is 84.4 cm³/mol. The van der Waals surface area contributed by atoms with Crippen molar-refractivity contribution < 1.29 is 9.84 Å². The van der Waals surface area contributed by atoms with Gasteiger partial charge < -0.3 is 9.84 Å². The molecule has 0 aromatic heterocycles. The van der Waals surface area contributed by atoms with Gasteiger partial charge in [0.2, 0.25) is 0 Å². The summed E-state index contributed by atoms with van der Waals surface area (Å²) in [5.41, 5.74) is 0.873. The summed E-state index contributed by atoms with van der Waals surface area (Å²) in [6, 6.07) is 7.64. The van der Waals surface area contributed by atoms with Crippen LogP contribution < -0.4 is 0 Å². The van der Waals surface area contributed by atoms with E-state index in [1.54, 1.807) is 0 Å². The van der Waals surface area contributed by atoms with E-state index in [1.807, 2.05) is 36.0 Å². The van der Waals surface area contributed by atoms with Crippen molar-refractivity contribution in [3.8, 4) is 0 Å². The first-order valence-corrected chi connectivity index (χ1v) is 8.88. The lowest BCUT2D eigenvalue weighted by Gasteiger charge is -2.44. The SMILES string of the molecule is OC(c1ccccc1Cl)C1CCOC2(CCSCC2)C1. The number of thioether (sulfide) groups is 1. The van der Waals surface area contributed by atoms with Crippen LogP contribution in [0.15, 0.2) is 24.3 Å². The Balaban J connectivity index is 1.75. The molecule has 2 unspecified atom stereocenters. The van der Waals surface area contributed by atoms with Gasteiger partial charge in [0.1, 0.15) is 0 Å². The summed E-state index contributed by atoms with van der Waals surface area (Å²) < 4.78 is 6.10. The van der Waals surface area contributed by atoms with Crippen LogP contribution in [-0.2, 0) is 4.74 Å². The van der Waals surface area contributed by atoms with Gasteiger partial charge in [-0.05, 0) is 54.7 Å². The van der Waals surface area contributed by atoms with Gasteiger partial charge in [0.25, 0.3) is 0 Å². The van der Waals surface area contributed by atoms with Crippen molar-refractivity contribution >= 4 is 23.4 Å². The molecule has 2 aliphatic rings. The molecule has 2 fully saturated rings. The summed E-state index contributed by atoms with van der Waals surface area (Å²) in [5.74, 6) is 2.61. The number of aliphatic hydroxyl groups excluding tert-OH is 1. The van der Waals surface area contributed by atoms with Crippen molar-refractivity contribution in [3.05, 3.63) is 34.9 Å². The second kappa shape index (κ2) is 6.27. The molecule has 2 saturated heterocycles. The lowest BCUT2D eigenvalue weighted by Crippen LogP contribution is -2.44. The fraction of sp³-hybridized carbons (Fsp3) is 0.625. The van der Waals surface area contributed by atoms with Gasteiger partial charge in [-0.25, -0.2) is 0 Å². The molecule has 2 heterocycles. The third-order valence-electron chi connectivity index (χ3n) is 4.61. The summed E-state index contributed by atoms with van der Waals surface area (Å²) in [6.07, 6.45) is 3.63. The summed E-state index contributed by atoms with van der Waals surface area (Å²) in [5, 5.41) is 11.4. The molecular formula is C16H21ClO2S. The van der Waals surface area contributed by atoms with E-state index in [4.69, 9.17) is 16.3 Å². The van der Waals surface area contributed by atoms with Crippen molar-refractivity contribution in [1.29, 1.82) is 0 Å². The zero-order valence-corrected chi connectivity index (χ0v) is 13.1. The molecule has 20 heavy (non-hydrogen) atoms. The highest BCUT2D eigenvalue weighted by molar-refractivity contribution is 7.99. The van der Waals surface area contributed by atoms with Gasteiger partial charge >= 0.3 is 0 Å². The van der Waals surface area contributed by atoms with E-state index in [1.165, 1.54) is 11.5 Å². The maximum absolute atomic E-state index is 10.7. The Morgan fingerprint density at radius 3 is 2.80 bits per heavy atom. The standard InChI is InChI=1S/C16H21ClO2S/c17-14-4-2-1-3-13(14)15(18)12-5-8-19-16(11-12)6-9-20-10-7-16/h1-4,12,15,18H,5-11H2. The van der Waals surface area contributed by atoms with Crippen LogP contribution in [-0.4, -0.2) is 28.8 Å². The Hall–Kier alpha value is -0.220. The van der Waals surface area contributed by atoms with Crippen LogP contribution >= 0.6 is 23.4 Å². The zero-order chi connectivity index (χ0) is 14.0. The molecule has 2 aliphatic heterocycles. The fourth-order valence-electron chi connectivity index (χ4n) is 3.40. The number of aliphatic hydroxyl groups is 1. The molecule has 0 aliphatic carbocycles. The summed E-state index contributed by atoms with van der Waals surface area (Å²) >= 11 is 8.23. The Bertz CT molecular complexity index is 454. The van der Waals surface area contributed by atoms with E-state index in [9.17, 15) is 5.11 Å². The van der Waals surface area contributed by atoms with Crippen LogP contribution in [0.2, 0.25) is 5.02 Å². The molecule has 1 aromatic rings. The first-order valence-electron chi connectivity index (χ1n) is 7.34. The lowest BCUT2D eigenvalue weighted by atomic mass is 9.78. The summed E-state index contributed by atoms with van der Waals surface area (Å²) in [4.78, 5) is 0. The molecule has 0 saturated carbocycles. The van der Waals surface area contributed by atoms with Gasteiger partial charge in [-0.2, -0.15) is 11.8 Å². The van der Waals surface area contributed by atoms with E-state index in [0.717, 1.165) is 37.9 Å². The van der Waals surface area contributed by atoms with Crippen LogP contribution in [0.5, 0.6) is 0 Å².